The summed E-state index contributed by atoms with van der Waals surface area (Å²) in [6.07, 6.45) is 0.938. The van der Waals surface area contributed by atoms with Crippen LogP contribution in [0.1, 0.15) is 5.56 Å². The van der Waals surface area contributed by atoms with Crippen LogP contribution in [-0.2, 0) is 11.2 Å². The summed E-state index contributed by atoms with van der Waals surface area (Å²) in [5, 5.41) is 3.33. The third-order valence-corrected chi connectivity index (χ3v) is 4.98. The highest BCUT2D eigenvalue weighted by Crippen LogP contribution is 2.36. The Kier molecular flexibility index (Phi) is 4.32. The lowest BCUT2D eigenvalue weighted by Gasteiger charge is -2.28. The number of hydrogen-bond donors (Lipinski definition) is 1. The summed E-state index contributed by atoms with van der Waals surface area (Å²) in [7, 11) is 0. The van der Waals surface area contributed by atoms with Crippen LogP contribution in [0.2, 0.25) is 0 Å². The maximum atomic E-state index is 12.8. The van der Waals surface area contributed by atoms with E-state index in [0.29, 0.717) is 6.54 Å². The molecule has 1 amide bonds. The Morgan fingerprint density at radius 3 is 2.54 bits per heavy atom. The molecule has 4 heteroatoms. The predicted octanol–water partition coefficient (Wildman–Crippen LogP) is 2.15. The Hall–Kier alpha value is -2.17. The number of fused-ring (bicyclic) bond motifs is 1. The fourth-order valence-electron chi connectivity index (χ4n) is 3.73. The average Bonchev–Trinajstić information content (AvgIpc) is 3.07. The van der Waals surface area contributed by atoms with Gasteiger partial charge < -0.3 is 10.2 Å². The fraction of sp³-hybridized carbons (Fsp3) is 0.350. The van der Waals surface area contributed by atoms with Crippen molar-refractivity contribution in [2.45, 2.75) is 6.42 Å². The molecule has 0 atom stereocenters. The second-order valence-electron chi connectivity index (χ2n) is 6.49. The number of amides is 1. The summed E-state index contributed by atoms with van der Waals surface area (Å²) in [6, 6.07) is 16.8. The van der Waals surface area contributed by atoms with Gasteiger partial charge in [-0.15, -0.1) is 0 Å². The number of nitrogens with zero attached hydrogens (tertiary/aromatic N) is 2. The van der Waals surface area contributed by atoms with Crippen molar-refractivity contribution >= 4 is 11.6 Å². The maximum absolute atomic E-state index is 12.8. The number of carbonyl (C=O) groups is 1. The summed E-state index contributed by atoms with van der Waals surface area (Å²) >= 11 is 0. The third kappa shape index (κ3) is 2.95. The van der Waals surface area contributed by atoms with Gasteiger partial charge in [0.15, 0.2) is 0 Å². The van der Waals surface area contributed by atoms with E-state index in [4.69, 9.17) is 0 Å². The molecule has 2 aromatic carbocycles. The largest absolute Gasteiger partial charge is 0.314 e. The van der Waals surface area contributed by atoms with Crippen LogP contribution in [0.4, 0.5) is 5.69 Å². The summed E-state index contributed by atoms with van der Waals surface area (Å²) in [6.45, 7) is 5.18. The molecule has 2 aliphatic rings. The van der Waals surface area contributed by atoms with Gasteiger partial charge in [0.25, 0.3) is 0 Å². The van der Waals surface area contributed by atoms with Crippen molar-refractivity contribution in [1.82, 2.24) is 10.2 Å². The average molecular weight is 321 g/mol. The van der Waals surface area contributed by atoms with Gasteiger partial charge in [-0.1, -0.05) is 42.5 Å². The fourth-order valence-corrected chi connectivity index (χ4v) is 3.73. The number of carbonyl (C=O) groups excluding carboxylic acids is 1. The van der Waals surface area contributed by atoms with E-state index in [1.807, 2.05) is 11.0 Å². The van der Waals surface area contributed by atoms with Crippen molar-refractivity contribution in [3.8, 4) is 11.1 Å². The lowest BCUT2D eigenvalue weighted by Crippen LogP contribution is -2.48. The minimum absolute atomic E-state index is 0.223. The lowest BCUT2D eigenvalue weighted by atomic mass is 9.98. The zero-order valence-corrected chi connectivity index (χ0v) is 13.9. The van der Waals surface area contributed by atoms with E-state index < -0.39 is 0 Å². The van der Waals surface area contributed by atoms with Gasteiger partial charge in [0.2, 0.25) is 5.91 Å². The number of rotatable bonds is 3. The molecular formula is C20H23N3O. The van der Waals surface area contributed by atoms with Gasteiger partial charge in [-0.05, 0) is 29.2 Å². The highest BCUT2D eigenvalue weighted by molar-refractivity contribution is 5.98. The molecular weight excluding hydrogens is 298 g/mol. The maximum Gasteiger partial charge on any atom is 0.241 e. The smallest absolute Gasteiger partial charge is 0.241 e. The van der Waals surface area contributed by atoms with Gasteiger partial charge in [-0.3, -0.25) is 9.69 Å². The first-order chi connectivity index (χ1) is 11.8. The Bertz CT molecular complexity index is 723. The SMILES string of the molecule is O=C(CN1CCNCC1)N1CCc2c(-c3ccccc3)cccc21. The molecule has 1 saturated heterocycles. The summed E-state index contributed by atoms with van der Waals surface area (Å²) in [4.78, 5) is 17.0. The molecule has 0 aliphatic carbocycles. The second-order valence-corrected chi connectivity index (χ2v) is 6.49. The number of nitrogens with one attached hydrogen (secondary N) is 1. The number of piperazine rings is 1. The molecule has 0 aromatic heterocycles. The molecule has 0 bridgehead atoms. The normalized spacial score (nSPS) is 17.8. The van der Waals surface area contributed by atoms with Crippen LogP contribution in [0.5, 0.6) is 0 Å². The van der Waals surface area contributed by atoms with Gasteiger partial charge in [-0.25, -0.2) is 0 Å². The minimum Gasteiger partial charge on any atom is -0.314 e. The predicted molar refractivity (Wildman–Crippen MR) is 97.2 cm³/mol. The molecule has 1 N–H and O–H groups in total. The van der Waals surface area contributed by atoms with Crippen LogP contribution in [-0.4, -0.2) is 50.1 Å². The second kappa shape index (κ2) is 6.75. The molecule has 4 rings (SSSR count). The molecule has 124 valence electrons. The molecule has 0 radical (unpaired) electrons. The van der Waals surface area contributed by atoms with Crippen molar-refractivity contribution < 1.29 is 4.79 Å². The van der Waals surface area contributed by atoms with Crippen LogP contribution in [0, 0.1) is 0 Å². The van der Waals surface area contributed by atoms with Crippen molar-refractivity contribution in [1.29, 1.82) is 0 Å². The van der Waals surface area contributed by atoms with Crippen molar-refractivity contribution in [2.24, 2.45) is 0 Å². The van der Waals surface area contributed by atoms with E-state index in [9.17, 15) is 4.79 Å². The highest BCUT2D eigenvalue weighted by atomic mass is 16.2. The van der Waals surface area contributed by atoms with Crippen LogP contribution < -0.4 is 10.2 Å². The van der Waals surface area contributed by atoms with Crippen molar-refractivity contribution in [3.63, 3.8) is 0 Å². The first-order valence-electron chi connectivity index (χ1n) is 8.74. The third-order valence-electron chi connectivity index (χ3n) is 4.98. The van der Waals surface area contributed by atoms with Crippen LogP contribution in [0.3, 0.4) is 0 Å². The van der Waals surface area contributed by atoms with E-state index in [0.717, 1.165) is 44.8 Å². The summed E-state index contributed by atoms with van der Waals surface area (Å²) < 4.78 is 0. The zero-order chi connectivity index (χ0) is 16.4. The molecule has 2 heterocycles. The van der Waals surface area contributed by atoms with Crippen LogP contribution >= 0.6 is 0 Å². The first-order valence-corrected chi connectivity index (χ1v) is 8.74. The Morgan fingerprint density at radius 2 is 1.75 bits per heavy atom. The summed E-state index contributed by atoms with van der Waals surface area (Å²) in [5.41, 5.74) is 4.88. The van der Waals surface area contributed by atoms with Crippen molar-refractivity contribution in [2.75, 3.05) is 44.2 Å². The Labute approximate surface area is 143 Å². The number of benzene rings is 2. The van der Waals surface area contributed by atoms with Crippen LogP contribution in [0.15, 0.2) is 48.5 Å². The molecule has 24 heavy (non-hydrogen) atoms. The van der Waals surface area contributed by atoms with Crippen molar-refractivity contribution in [3.05, 3.63) is 54.1 Å². The zero-order valence-electron chi connectivity index (χ0n) is 13.9. The van der Waals surface area contributed by atoms with Gasteiger partial charge in [-0.2, -0.15) is 0 Å². The first kappa shape index (κ1) is 15.4. The molecule has 1 fully saturated rings. The molecule has 4 nitrogen and oxygen atoms in total. The van der Waals surface area contributed by atoms with Gasteiger partial charge in [0.1, 0.15) is 0 Å². The molecule has 0 spiro atoms. The quantitative estimate of drug-likeness (QED) is 0.941. The number of anilines is 1. The summed E-state index contributed by atoms with van der Waals surface area (Å²) in [5.74, 6) is 0.223. The standard InChI is InChI=1S/C20H23N3O/c24-20(15-22-13-10-21-11-14-22)23-12-9-18-17(7-4-8-19(18)23)16-5-2-1-3-6-16/h1-8,21H,9-15H2. The van der Waals surface area contributed by atoms with E-state index in [1.54, 1.807) is 0 Å². The molecule has 0 unspecified atom stereocenters. The van der Waals surface area contributed by atoms with Gasteiger partial charge in [0, 0.05) is 38.4 Å². The topological polar surface area (TPSA) is 35.6 Å². The highest BCUT2D eigenvalue weighted by Gasteiger charge is 2.27. The van der Waals surface area contributed by atoms with E-state index in [-0.39, 0.29) is 5.91 Å². The van der Waals surface area contributed by atoms with E-state index in [1.165, 1.54) is 16.7 Å². The van der Waals surface area contributed by atoms with Gasteiger partial charge >= 0.3 is 0 Å². The molecule has 0 saturated carbocycles. The molecule has 2 aliphatic heterocycles. The Morgan fingerprint density at radius 1 is 0.958 bits per heavy atom. The monoisotopic (exact) mass is 321 g/mol. The van der Waals surface area contributed by atoms with E-state index in [2.05, 4.69) is 52.7 Å². The Balaban J connectivity index is 1.57. The van der Waals surface area contributed by atoms with E-state index >= 15 is 0 Å². The van der Waals surface area contributed by atoms with Crippen LogP contribution in [0.25, 0.3) is 11.1 Å². The van der Waals surface area contributed by atoms with Gasteiger partial charge in [0.05, 0.1) is 6.54 Å². The molecule has 2 aromatic rings. The minimum atomic E-state index is 0.223. The lowest BCUT2D eigenvalue weighted by molar-refractivity contribution is -0.119. The number of hydrogen-bond acceptors (Lipinski definition) is 3.